The number of nitrogens with zero attached hydrogens (tertiary/aromatic N) is 3. The van der Waals surface area contributed by atoms with Crippen molar-refractivity contribution in [1.29, 1.82) is 5.26 Å². The number of alkyl halides is 1. The molecule has 0 spiro atoms. The number of carbonyl (C=O) groups excluding carboxylic acids is 1. The molecule has 0 bridgehead atoms. The van der Waals surface area contributed by atoms with Crippen molar-refractivity contribution in [3.05, 3.63) is 75.0 Å². The highest BCUT2D eigenvalue weighted by molar-refractivity contribution is 6.04. The number of ether oxygens (including phenoxy) is 2. The number of hydrogen-bond donors (Lipinski definition) is 0. The van der Waals surface area contributed by atoms with Crippen LogP contribution in [0.4, 0.5) is 4.39 Å². The molecule has 0 radical (unpaired) electrons. The molecular formula is C38H48FN3O3. The van der Waals surface area contributed by atoms with Crippen LogP contribution in [0.3, 0.4) is 0 Å². The van der Waals surface area contributed by atoms with Gasteiger partial charge in [-0.15, -0.1) is 6.42 Å². The van der Waals surface area contributed by atoms with E-state index in [1.165, 1.54) is 13.8 Å². The maximum Gasteiger partial charge on any atom is 0.273 e. The molecule has 2 aromatic rings. The molecule has 4 rings (SSSR count). The van der Waals surface area contributed by atoms with Crippen LogP contribution in [0.2, 0.25) is 0 Å². The Bertz CT molecular complexity index is 1540. The van der Waals surface area contributed by atoms with Gasteiger partial charge in [-0.05, 0) is 113 Å². The molecule has 1 saturated heterocycles. The highest BCUT2D eigenvalue weighted by Gasteiger charge is 2.36. The Balaban J connectivity index is 0.00000130. The van der Waals surface area contributed by atoms with Gasteiger partial charge in [0.25, 0.3) is 5.91 Å². The standard InChI is InChI=1S/C34H38FN3O3.C4H10/c1-8-23-17-26-12-9-24(10-13-27(26)19-30(23)40-7)31(32(39)38-15-16-41-21-33(38,3)4)37-22(2)25-11-14-28(20-36)29(18-25)34(5,6)35;1-4(2)3/h1,11,14,17-19H,9-10,12-13,15-16,21H2,2-7H3;4H,1-3H3/b31-24+,37-22?;. The average molecular weight is 614 g/mol. The lowest BCUT2D eigenvalue weighted by molar-refractivity contribution is -0.142. The second kappa shape index (κ2) is 14.9. The summed E-state index contributed by atoms with van der Waals surface area (Å²) in [5, 5.41) is 9.53. The highest BCUT2D eigenvalue weighted by Crippen LogP contribution is 2.34. The number of hydrogen-bond acceptors (Lipinski definition) is 5. The fourth-order valence-corrected chi connectivity index (χ4v) is 5.58. The number of fused-ring (bicyclic) bond motifs is 1. The molecule has 0 N–H and O–H groups in total. The number of nitriles is 1. The zero-order valence-electron chi connectivity index (χ0n) is 28.4. The number of carbonyl (C=O) groups is 1. The summed E-state index contributed by atoms with van der Waals surface area (Å²) < 4.78 is 26.2. The Morgan fingerprint density at radius 3 is 2.27 bits per heavy atom. The summed E-state index contributed by atoms with van der Waals surface area (Å²) in [6, 6.07) is 11.1. The fourth-order valence-electron chi connectivity index (χ4n) is 5.58. The predicted octanol–water partition coefficient (Wildman–Crippen LogP) is 7.69. The van der Waals surface area contributed by atoms with Crippen molar-refractivity contribution in [1.82, 2.24) is 4.90 Å². The van der Waals surface area contributed by atoms with Crippen LogP contribution >= 0.6 is 0 Å². The molecule has 240 valence electrons. The Morgan fingerprint density at radius 1 is 1.11 bits per heavy atom. The van der Waals surface area contributed by atoms with E-state index in [-0.39, 0.29) is 11.5 Å². The minimum Gasteiger partial charge on any atom is -0.495 e. The lowest BCUT2D eigenvalue weighted by Gasteiger charge is -2.42. The Hall–Kier alpha value is -3.94. The molecule has 1 heterocycles. The van der Waals surface area contributed by atoms with Crippen LogP contribution in [0.1, 0.15) is 102 Å². The van der Waals surface area contributed by atoms with Gasteiger partial charge in [0.1, 0.15) is 17.1 Å². The topological polar surface area (TPSA) is 74.9 Å². The van der Waals surface area contributed by atoms with E-state index in [1.54, 1.807) is 25.3 Å². The molecule has 45 heavy (non-hydrogen) atoms. The first-order valence-electron chi connectivity index (χ1n) is 15.7. The third kappa shape index (κ3) is 8.83. The smallest absolute Gasteiger partial charge is 0.273 e. The SMILES string of the molecule is C#Cc1cc2c(cc1OC)CC/C(=C(/N=C(C)c1ccc(C#N)c(C(C)(C)F)c1)C(=O)N1CCOCC1(C)C)CC2.CC(C)C. The van der Waals surface area contributed by atoms with Crippen LogP contribution in [0, 0.1) is 29.6 Å². The van der Waals surface area contributed by atoms with Crippen LogP contribution in [0.15, 0.2) is 46.6 Å². The van der Waals surface area contributed by atoms with Gasteiger partial charge >= 0.3 is 0 Å². The van der Waals surface area contributed by atoms with Gasteiger partial charge in [0.2, 0.25) is 0 Å². The second-order valence-electron chi connectivity index (χ2n) is 13.5. The summed E-state index contributed by atoms with van der Waals surface area (Å²) in [6.45, 7) is 16.5. The van der Waals surface area contributed by atoms with Gasteiger partial charge in [0.05, 0.1) is 43.1 Å². The molecule has 0 aromatic heterocycles. The molecule has 6 nitrogen and oxygen atoms in total. The summed E-state index contributed by atoms with van der Waals surface area (Å²) in [5.74, 6) is 4.08. The summed E-state index contributed by atoms with van der Waals surface area (Å²) in [5.41, 5.74) is 4.02. The van der Waals surface area contributed by atoms with Crippen LogP contribution in [0.25, 0.3) is 0 Å². The van der Waals surface area contributed by atoms with Crippen molar-refractivity contribution in [2.45, 2.75) is 92.3 Å². The minimum absolute atomic E-state index is 0.139. The first kappa shape index (κ1) is 35.5. The average Bonchev–Trinajstić information content (AvgIpc) is 3.19. The number of methoxy groups -OCH3 is 1. The van der Waals surface area contributed by atoms with E-state index in [4.69, 9.17) is 20.9 Å². The van der Waals surface area contributed by atoms with Crippen molar-refractivity contribution >= 4 is 11.6 Å². The first-order valence-corrected chi connectivity index (χ1v) is 15.7. The number of morpholine rings is 1. The van der Waals surface area contributed by atoms with Gasteiger partial charge in [-0.25, -0.2) is 9.38 Å². The lowest BCUT2D eigenvalue weighted by Crippen LogP contribution is -2.56. The molecule has 2 aromatic carbocycles. The zero-order valence-corrected chi connectivity index (χ0v) is 28.4. The Kier molecular flexibility index (Phi) is 11.8. The van der Waals surface area contributed by atoms with Crippen molar-refractivity contribution in [3.8, 4) is 24.2 Å². The third-order valence-corrected chi connectivity index (χ3v) is 7.98. The number of allylic oxidation sites excluding steroid dienone is 1. The quantitative estimate of drug-likeness (QED) is 0.150. The van der Waals surface area contributed by atoms with Gasteiger partial charge in [0, 0.05) is 17.8 Å². The van der Waals surface area contributed by atoms with Gasteiger partial charge in [-0.2, -0.15) is 5.26 Å². The van der Waals surface area contributed by atoms with Gasteiger partial charge in [-0.3, -0.25) is 4.79 Å². The van der Waals surface area contributed by atoms with Crippen LogP contribution < -0.4 is 4.74 Å². The number of rotatable bonds is 5. The fraction of sp³-hybridized carbons (Fsp3) is 0.500. The molecule has 1 aliphatic heterocycles. The monoisotopic (exact) mass is 613 g/mol. The molecule has 1 fully saturated rings. The summed E-state index contributed by atoms with van der Waals surface area (Å²) in [6.07, 6.45) is 8.48. The van der Waals surface area contributed by atoms with E-state index in [0.717, 1.165) is 35.5 Å². The summed E-state index contributed by atoms with van der Waals surface area (Å²) in [4.78, 5) is 21.1. The van der Waals surface area contributed by atoms with Crippen molar-refractivity contribution in [3.63, 3.8) is 0 Å². The maximum atomic E-state index is 15.0. The van der Waals surface area contributed by atoms with Crippen molar-refractivity contribution < 1.29 is 18.7 Å². The Morgan fingerprint density at radius 2 is 1.73 bits per heavy atom. The molecule has 0 atom stereocenters. The largest absolute Gasteiger partial charge is 0.495 e. The highest BCUT2D eigenvalue weighted by atomic mass is 19.1. The van der Waals surface area contributed by atoms with E-state index >= 15 is 4.39 Å². The molecule has 7 heteroatoms. The summed E-state index contributed by atoms with van der Waals surface area (Å²) in [7, 11) is 1.61. The molecule has 0 saturated carbocycles. The van der Waals surface area contributed by atoms with Gasteiger partial charge < -0.3 is 14.4 Å². The van der Waals surface area contributed by atoms with Gasteiger partial charge in [0.15, 0.2) is 0 Å². The number of aliphatic imine (C=N–C) groups is 1. The Labute approximate surface area is 269 Å². The van der Waals surface area contributed by atoms with E-state index < -0.39 is 11.2 Å². The number of benzene rings is 2. The van der Waals surface area contributed by atoms with Crippen LogP contribution in [0.5, 0.6) is 5.75 Å². The first-order chi connectivity index (χ1) is 21.1. The number of aryl methyl sites for hydroxylation is 2. The normalized spacial score (nSPS) is 17.6. The van der Waals surface area contributed by atoms with Crippen molar-refractivity contribution in [2.24, 2.45) is 10.9 Å². The molecule has 1 aliphatic carbocycles. The van der Waals surface area contributed by atoms with Crippen molar-refractivity contribution in [2.75, 3.05) is 26.9 Å². The second-order valence-corrected chi connectivity index (χ2v) is 13.5. The summed E-state index contributed by atoms with van der Waals surface area (Å²) >= 11 is 0. The number of halogens is 1. The molecule has 2 aliphatic rings. The zero-order chi connectivity index (χ0) is 33.5. The molecule has 1 amide bonds. The minimum atomic E-state index is -1.71. The lowest BCUT2D eigenvalue weighted by atomic mass is 9.92. The number of amides is 1. The maximum absolute atomic E-state index is 15.0. The predicted molar refractivity (Wildman–Crippen MR) is 179 cm³/mol. The van der Waals surface area contributed by atoms with Crippen LogP contribution in [-0.2, 0) is 28.0 Å². The molecule has 0 unspecified atom stereocenters. The van der Waals surface area contributed by atoms with Crippen LogP contribution in [-0.4, -0.2) is 48.9 Å². The van der Waals surface area contributed by atoms with E-state index in [9.17, 15) is 10.1 Å². The van der Waals surface area contributed by atoms with E-state index in [2.05, 4.69) is 32.8 Å². The van der Waals surface area contributed by atoms with E-state index in [1.807, 2.05) is 37.8 Å². The number of terminal acetylenes is 1. The third-order valence-electron chi connectivity index (χ3n) is 7.98. The van der Waals surface area contributed by atoms with Gasteiger partial charge in [-0.1, -0.05) is 32.8 Å². The molecular weight excluding hydrogens is 565 g/mol. The van der Waals surface area contributed by atoms with E-state index in [0.29, 0.717) is 66.4 Å².